The zero-order valence-electron chi connectivity index (χ0n) is 11.0. The highest BCUT2D eigenvalue weighted by Gasteiger charge is 2.35. The summed E-state index contributed by atoms with van der Waals surface area (Å²) in [6.45, 7) is 3.12. The van der Waals surface area contributed by atoms with Gasteiger partial charge in [0.25, 0.3) is 0 Å². The second-order valence-electron chi connectivity index (χ2n) is 5.98. The van der Waals surface area contributed by atoms with Crippen LogP contribution in [-0.2, 0) is 4.79 Å². The first-order chi connectivity index (χ1) is 8.17. The van der Waals surface area contributed by atoms with E-state index in [0.717, 1.165) is 25.8 Å². The van der Waals surface area contributed by atoms with E-state index in [4.69, 9.17) is 5.73 Å². The molecule has 0 saturated heterocycles. The highest BCUT2D eigenvalue weighted by Crippen LogP contribution is 2.40. The monoisotopic (exact) mass is 238 g/mol. The lowest BCUT2D eigenvalue weighted by Gasteiger charge is -2.28. The maximum atomic E-state index is 12.1. The highest BCUT2D eigenvalue weighted by molar-refractivity contribution is 5.79. The Labute approximate surface area is 105 Å². The Bertz CT molecular complexity index is 271. The number of carbonyl (C=O) groups excluding carboxylic acids is 1. The molecule has 2 saturated carbocycles. The number of nitrogens with two attached hydrogens (primary N) is 1. The lowest BCUT2D eigenvalue weighted by molar-refractivity contribution is -0.125. The molecule has 2 unspecified atom stereocenters. The molecule has 1 amide bonds. The van der Waals surface area contributed by atoms with E-state index in [9.17, 15) is 4.79 Å². The molecule has 2 aliphatic rings. The van der Waals surface area contributed by atoms with Gasteiger partial charge >= 0.3 is 0 Å². The van der Waals surface area contributed by atoms with E-state index in [1.54, 1.807) is 0 Å². The smallest absolute Gasteiger partial charge is 0.224 e. The molecule has 17 heavy (non-hydrogen) atoms. The van der Waals surface area contributed by atoms with Gasteiger partial charge in [0, 0.05) is 12.6 Å². The van der Waals surface area contributed by atoms with Crippen molar-refractivity contribution in [3.8, 4) is 0 Å². The van der Waals surface area contributed by atoms with E-state index in [2.05, 4.69) is 12.2 Å². The minimum absolute atomic E-state index is 0.0744. The Morgan fingerprint density at radius 1 is 1.29 bits per heavy atom. The van der Waals surface area contributed by atoms with Crippen LogP contribution in [-0.4, -0.2) is 18.5 Å². The van der Waals surface area contributed by atoms with Crippen LogP contribution in [0.4, 0.5) is 0 Å². The fraction of sp³-hybridized carbons (Fsp3) is 0.929. The van der Waals surface area contributed by atoms with Gasteiger partial charge in [0.05, 0.1) is 5.92 Å². The summed E-state index contributed by atoms with van der Waals surface area (Å²) in [4.78, 5) is 12.1. The Kier molecular flexibility index (Phi) is 4.08. The normalized spacial score (nSPS) is 31.6. The van der Waals surface area contributed by atoms with E-state index >= 15 is 0 Å². The molecule has 0 aliphatic heterocycles. The summed E-state index contributed by atoms with van der Waals surface area (Å²) < 4.78 is 0. The summed E-state index contributed by atoms with van der Waals surface area (Å²) in [6, 6.07) is 0.0937. The van der Waals surface area contributed by atoms with E-state index in [-0.39, 0.29) is 17.9 Å². The van der Waals surface area contributed by atoms with Crippen LogP contribution in [0.1, 0.15) is 58.3 Å². The van der Waals surface area contributed by atoms with Crippen molar-refractivity contribution >= 4 is 5.91 Å². The van der Waals surface area contributed by atoms with Gasteiger partial charge in [-0.15, -0.1) is 0 Å². The topological polar surface area (TPSA) is 55.1 Å². The SMILES string of the molecule is CCC1(CNC(=O)C2CCCC2N)CCCC1. The molecule has 2 fully saturated rings. The molecule has 0 bridgehead atoms. The third kappa shape index (κ3) is 2.82. The third-order valence-electron chi connectivity index (χ3n) is 4.96. The van der Waals surface area contributed by atoms with Crippen LogP contribution in [0, 0.1) is 11.3 Å². The molecule has 0 spiro atoms. The summed E-state index contributed by atoms with van der Waals surface area (Å²) in [5, 5.41) is 3.17. The highest BCUT2D eigenvalue weighted by atomic mass is 16.1. The maximum absolute atomic E-state index is 12.1. The summed E-state index contributed by atoms with van der Waals surface area (Å²) in [6.07, 6.45) is 9.49. The quantitative estimate of drug-likeness (QED) is 0.789. The molecule has 3 nitrogen and oxygen atoms in total. The first kappa shape index (κ1) is 12.9. The minimum atomic E-state index is 0.0744. The van der Waals surface area contributed by atoms with Crippen LogP contribution in [0.25, 0.3) is 0 Å². The summed E-state index contributed by atoms with van der Waals surface area (Å²) in [5.74, 6) is 0.278. The number of hydrogen-bond acceptors (Lipinski definition) is 2. The lowest BCUT2D eigenvalue weighted by atomic mass is 9.83. The van der Waals surface area contributed by atoms with Crippen molar-refractivity contribution in [3.05, 3.63) is 0 Å². The van der Waals surface area contributed by atoms with Crippen molar-refractivity contribution in [2.24, 2.45) is 17.1 Å². The van der Waals surface area contributed by atoms with Gasteiger partial charge in [0.15, 0.2) is 0 Å². The Morgan fingerprint density at radius 2 is 2.00 bits per heavy atom. The molecule has 98 valence electrons. The predicted octanol–water partition coefficient (Wildman–Crippen LogP) is 2.20. The average Bonchev–Trinajstić information content (AvgIpc) is 2.95. The maximum Gasteiger partial charge on any atom is 0.224 e. The van der Waals surface area contributed by atoms with Gasteiger partial charge in [-0.05, 0) is 37.5 Å². The van der Waals surface area contributed by atoms with Gasteiger partial charge in [-0.3, -0.25) is 4.79 Å². The Hall–Kier alpha value is -0.570. The summed E-state index contributed by atoms with van der Waals surface area (Å²) >= 11 is 0. The second-order valence-corrected chi connectivity index (χ2v) is 5.98. The van der Waals surface area contributed by atoms with Crippen LogP contribution in [0.3, 0.4) is 0 Å². The molecule has 2 rings (SSSR count). The van der Waals surface area contributed by atoms with Crippen LogP contribution in [0.2, 0.25) is 0 Å². The fourth-order valence-electron chi connectivity index (χ4n) is 3.50. The van der Waals surface area contributed by atoms with Crippen molar-refractivity contribution in [1.82, 2.24) is 5.32 Å². The van der Waals surface area contributed by atoms with Crippen LogP contribution in [0.5, 0.6) is 0 Å². The van der Waals surface area contributed by atoms with Crippen molar-refractivity contribution in [2.45, 2.75) is 64.3 Å². The molecule has 0 aromatic carbocycles. The first-order valence-corrected chi connectivity index (χ1v) is 7.20. The van der Waals surface area contributed by atoms with Gasteiger partial charge in [0.2, 0.25) is 5.91 Å². The Morgan fingerprint density at radius 3 is 2.53 bits per heavy atom. The third-order valence-corrected chi connectivity index (χ3v) is 4.96. The van der Waals surface area contributed by atoms with Crippen LogP contribution < -0.4 is 11.1 Å². The van der Waals surface area contributed by atoms with Gasteiger partial charge < -0.3 is 11.1 Å². The van der Waals surface area contributed by atoms with Crippen molar-refractivity contribution in [1.29, 1.82) is 0 Å². The minimum Gasteiger partial charge on any atom is -0.355 e. The van der Waals surface area contributed by atoms with E-state index in [0.29, 0.717) is 5.41 Å². The Balaban J connectivity index is 1.82. The number of rotatable bonds is 4. The van der Waals surface area contributed by atoms with Gasteiger partial charge in [-0.1, -0.05) is 26.2 Å². The molecule has 0 heterocycles. The summed E-state index contributed by atoms with van der Waals surface area (Å²) in [5.41, 5.74) is 6.36. The van der Waals surface area contributed by atoms with Gasteiger partial charge in [-0.2, -0.15) is 0 Å². The van der Waals surface area contributed by atoms with Gasteiger partial charge in [0.1, 0.15) is 0 Å². The average molecular weight is 238 g/mol. The second kappa shape index (κ2) is 5.38. The molecule has 3 N–H and O–H groups in total. The largest absolute Gasteiger partial charge is 0.355 e. The van der Waals surface area contributed by atoms with Crippen molar-refractivity contribution in [2.75, 3.05) is 6.54 Å². The molecule has 2 atom stereocenters. The van der Waals surface area contributed by atoms with Crippen molar-refractivity contribution in [3.63, 3.8) is 0 Å². The molecule has 0 aromatic rings. The predicted molar refractivity (Wildman–Crippen MR) is 69.5 cm³/mol. The number of carbonyl (C=O) groups is 1. The molecular formula is C14H26N2O. The lowest BCUT2D eigenvalue weighted by Crippen LogP contribution is -2.42. The van der Waals surface area contributed by atoms with Gasteiger partial charge in [-0.25, -0.2) is 0 Å². The first-order valence-electron chi connectivity index (χ1n) is 7.20. The standard InChI is InChI=1S/C14H26N2O/c1-2-14(8-3-4-9-14)10-16-13(17)11-6-5-7-12(11)15/h11-12H,2-10,15H2,1H3,(H,16,17). The molecule has 3 heteroatoms. The summed E-state index contributed by atoms with van der Waals surface area (Å²) in [7, 11) is 0. The number of hydrogen-bond donors (Lipinski definition) is 2. The molecular weight excluding hydrogens is 212 g/mol. The molecule has 0 aromatic heterocycles. The van der Waals surface area contributed by atoms with Crippen molar-refractivity contribution < 1.29 is 4.79 Å². The van der Waals surface area contributed by atoms with E-state index in [1.165, 1.54) is 32.1 Å². The van der Waals surface area contributed by atoms with Crippen LogP contribution in [0.15, 0.2) is 0 Å². The van der Waals surface area contributed by atoms with E-state index < -0.39 is 0 Å². The number of amides is 1. The molecule has 2 aliphatic carbocycles. The fourth-order valence-corrected chi connectivity index (χ4v) is 3.50. The zero-order valence-corrected chi connectivity index (χ0v) is 11.0. The number of nitrogens with one attached hydrogen (secondary N) is 1. The van der Waals surface area contributed by atoms with Crippen LogP contribution >= 0.6 is 0 Å². The zero-order chi connectivity index (χ0) is 12.3. The molecule has 0 radical (unpaired) electrons. The van der Waals surface area contributed by atoms with E-state index in [1.807, 2.05) is 0 Å².